The number of aromatic nitrogens is 1. The molecule has 0 unspecified atom stereocenters. The first kappa shape index (κ1) is 18.6. The van der Waals surface area contributed by atoms with Crippen LogP contribution in [-0.2, 0) is 11.3 Å². The number of aryl methyl sites for hydroxylation is 2. The van der Waals surface area contributed by atoms with Crippen LogP contribution in [0.15, 0.2) is 4.99 Å². The van der Waals surface area contributed by atoms with Crippen LogP contribution in [0.4, 0.5) is 0 Å². The van der Waals surface area contributed by atoms with Crippen LogP contribution in [0.3, 0.4) is 0 Å². The fraction of sp³-hybridized carbons (Fsp3) is 0.714. The van der Waals surface area contributed by atoms with Gasteiger partial charge in [-0.2, -0.15) is 0 Å². The molecule has 2 rings (SSSR count). The van der Waals surface area contributed by atoms with Gasteiger partial charge in [-0.05, 0) is 20.8 Å². The number of ether oxygens (including phenoxy) is 1. The first-order valence-electron chi connectivity index (χ1n) is 7.05. The molecular weight excluding hydrogens is 399 g/mol. The molecule has 0 spiro atoms. The lowest BCUT2D eigenvalue weighted by atomic mass is 9.89. The number of rotatable bonds is 5. The molecule has 120 valence electrons. The Kier molecular flexibility index (Phi) is 7.35. The number of hydrogen-bond acceptors (Lipinski definition) is 4. The summed E-state index contributed by atoms with van der Waals surface area (Å²) in [4.78, 5) is 10.4. The first-order chi connectivity index (χ1) is 9.52. The predicted octanol–water partition coefficient (Wildman–Crippen LogP) is 2.47. The summed E-state index contributed by atoms with van der Waals surface area (Å²) in [5.41, 5.74) is 1.35. The lowest BCUT2D eigenvalue weighted by Crippen LogP contribution is -2.51. The van der Waals surface area contributed by atoms with Gasteiger partial charge in [0.1, 0.15) is 5.01 Å². The van der Waals surface area contributed by atoms with Crippen molar-refractivity contribution in [1.82, 2.24) is 15.6 Å². The van der Waals surface area contributed by atoms with Gasteiger partial charge in [-0.1, -0.05) is 6.92 Å². The van der Waals surface area contributed by atoms with Gasteiger partial charge in [0.05, 0.1) is 25.5 Å². The van der Waals surface area contributed by atoms with E-state index in [0.717, 1.165) is 43.0 Å². The monoisotopic (exact) mass is 424 g/mol. The van der Waals surface area contributed by atoms with Crippen molar-refractivity contribution in [2.45, 2.75) is 34.2 Å². The van der Waals surface area contributed by atoms with E-state index in [9.17, 15) is 0 Å². The van der Waals surface area contributed by atoms with Gasteiger partial charge in [-0.25, -0.2) is 9.98 Å². The van der Waals surface area contributed by atoms with Gasteiger partial charge in [-0.15, -0.1) is 35.3 Å². The van der Waals surface area contributed by atoms with Crippen molar-refractivity contribution in [2.75, 3.05) is 26.3 Å². The van der Waals surface area contributed by atoms with Crippen LogP contribution in [0.1, 0.15) is 29.4 Å². The minimum atomic E-state index is 0. The maximum absolute atomic E-state index is 5.27. The number of thiazole rings is 1. The number of hydrogen-bond donors (Lipinski definition) is 2. The smallest absolute Gasteiger partial charge is 0.191 e. The largest absolute Gasteiger partial charge is 0.380 e. The Morgan fingerprint density at radius 2 is 2.10 bits per heavy atom. The second kappa shape index (κ2) is 8.28. The number of halogens is 1. The van der Waals surface area contributed by atoms with Crippen molar-refractivity contribution < 1.29 is 4.74 Å². The quantitative estimate of drug-likeness (QED) is 0.433. The van der Waals surface area contributed by atoms with Gasteiger partial charge >= 0.3 is 0 Å². The highest BCUT2D eigenvalue weighted by molar-refractivity contribution is 14.0. The van der Waals surface area contributed by atoms with Crippen molar-refractivity contribution in [3.63, 3.8) is 0 Å². The fourth-order valence-corrected chi connectivity index (χ4v) is 2.80. The number of nitrogens with one attached hydrogen (secondary N) is 2. The zero-order valence-electron chi connectivity index (χ0n) is 13.2. The van der Waals surface area contributed by atoms with Crippen LogP contribution in [-0.4, -0.2) is 37.2 Å². The molecule has 1 fully saturated rings. The molecule has 0 bridgehead atoms. The summed E-state index contributed by atoms with van der Waals surface area (Å²) in [6.07, 6.45) is 0. The Balaban J connectivity index is 0.00000220. The van der Waals surface area contributed by atoms with E-state index in [-0.39, 0.29) is 29.4 Å². The van der Waals surface area contributed by atoms with E-state index in [2.05, 4.69) is 41.4 Å². The summed E-state index contributed by atoms with van der Waals surface area (Å²) in [6.45, 7) is 12.4. The standard InChI is InChI=1S/C14H24N4OS.HI/c1-5-15-13(17-7-14(4)8-19-9-14)16-6-12-18-10(2)11(3)20-12;/h5-9H2,1-4H3,(H2,15,16,17);1H. The molecule has 1 aromatic rings. The highest BCUT2D eigenvalue weighted by Gasteiger charge is 2.33. The van der Waals surface area contributed by atoms with Crippen LogP contribution in [0, 0.1) is 19.3 Å². The van der Waals surface area contributed by atoms with Gasteiger partial charge in [0.15, 0.2) is 5.96 Å². The van der Waals surface area contributed by atoms with E-state index in [1.165, 1.54) is 4.88 Å². The Hall–Kier alpha value is -0.410. The normalized spacial score (nSPS) is 16.9. The molecule has 0 saturated carbocycles. The molecule has 0 aliphatic carbocycles. The third-order valence-corrected chi connectivity index (χ3v) is 4.43. The summed E-state index contributed by atoms with van der Waals surface area (Å²) >= 11 is 1.72. The third kappa shape index (κ3) is 5.37. The maximum atomic E-state index is 5.27. The molecule has 0 radical (unpaired) electrons. The summed E-state index contributed by atoms with van der Waals surface area (Å²) in [5, 5.41) is 7.73. The molecule has 21 heavy (non-hydrogen) atoms. The van der Waals surface area contributed by atoms with Crippen molar-refractivity contribution in [3.8, 4) is 0 Å². The summed E-state index contributed by atoms with van der Waals surface area (Å²) in [7, 11) is 0. The van der Waals surface area contributed by atoms with Crippen molar-refractivity contribution >= 4 is 41.3 Å². The average Bonchev–Trinajstić information content (AvgIpc) is 2.70. The van der Waals surface area contributed by atoms with Crippen molar-refractivity contribution in [3.05, 3.63) is 15.6 Å². The van der Waals surface area contributed by atoms with Crippen LogP contribution in [0.25, 0.3) is 0 Å². The Morgan fingerprint density at radius 1 is 1.38 bits per heavy atom. The average molecular weight is 424 g/mol. The molecule has 1 aromatic heterocycles. The highest BCUT2D eigenvalue weighted by atomic mass is 127. The lowest BCUT2D eigenvalue weighted by Gasteiger charge is -2.38. The molecule has 5 nitrogen and oxygen atoms in total. The second-order valence-electron chi connectivity index (χ2n) is 5.60. The Bertz CT molecular complexity index is 466. The van der Waals surface area contributed by atoms with E-state index >= 15 is 0 Å². The van der Waals surface area contributed by atoms with Crippen LogP contribution >= 0.6 is 35.3 Å². The third-order valence-electron chi connectivity index (χ3n) is 3.37. The van der Waals surface area contributed by atoms with Crippen molar-refractivity contribution in [2.24, 2.45) is 10.4 Å². The Labute approximate surface area is 148 Å². The van der Waals surface area contributed by atoms with E-state index < -0.39 is 0 Å². The molecule has 0 atom stereocenters. The molecule has 0 amide bonds. The van der Waals surface area contributed by atoms with Gasteiger partial charge in [-0.3, -0.25) is 0 Å². The van der Waals surface area contributed by atoms with E-state index in [0.29, 0.717) is 6.54 Å². The van der Waals surface area contributed by atoms with E-state index in [1.54, 1.807) is 11.3 Å². The summed E-state index contributed by atoms with van der Waals surface area (Å²) < 4.78 is 5.27. The van der Waals surface area contributed by atoms with Gasteiger partial charge < -0.3 is 15.4 Å². The second-order valence-corrected chi connectivity index (χ2v) is 6.89. The lowest BCUT2D eigenvalue weighted by molar-refractivity contribution is -0.0971. The highest BCUT2D eigenvalue weighted by Crippen LogP contribution is 2.25. The Morgan fingerprint density at radius 3 is 2.57 bits per heavy atom. The maximum Gasteiger partial charge on any atom is 0.191 e. The molecule has 7 heteroatoms. The topological polar surface area (TPSA) is 58.5 Å². The van der Waals surface area contributed by atoms with Gasteiger partial charge in [0, 0.05) is 23.4 Å². The molecule has 1 aliphatic rings. The molecule has 2 heterocycles. The van der Waals surface area contributed by atoms with Gasteiger partial charge in [0.2, 0.25) is 0 Å². The number of aliphatic imine (C=N–C) groups is 1. The summed E-state index contributed by atoms with van der Waals surface area (Å²) in [5.74, 6) is 0.853. The molecular formula is C14H25IN4OS. The molecule has 2 N–H and O–H groups in total. The molecule has 0 aromatic carbocycles. The minimum absolute atomic E-state index is 0. The first-order valence-corrected chi connectivity index (χ1v) is 7.87. The molecule has 1 aliphatic heterocycles. The zero-order valence-corrected chi connectivity index (χ0v) is 16.3. The van der Waals surface area contributed by atoms with E-state index in [4.69, 9.17) is 4.74 Å². The van der Waals surface area contributed by atoms with Crippen LogP contribution < -0.4 is 10.6 Å². The van der Waals surface area contributed by atoms with E-state index in [1.807, 2.05) is 6.92 Å². The van der Waals surface area contributed by atoms with Gasteiger partial charge in [0.25, 0.3) is 0 Å². The molecule has 1 saturated heterocycles. The van der Waals surface area contributed by atoms with Crippen molar-refractivity contribution in [1.29, 1.82) is 0 Å². The number of nitrogens with zero attached hydrogens (tertiary/aromatic N) is 2. The summed E-state index contributed by atoms with van der Waals surface area (Å²) in [6, 6.07) is 0. The van der Waals surface area contributed by atoms with Crippen LogP contribution in [0.5, 0.6) is 0 Å². The zero-order chi connectivity index (χ0) is 14.6. The van der Waals surface area contributed by atoms with Crippen LogP contribution in [0.2, 0.25) is 0 Å². The SMILES string of the molecule is CCNC(=NCc1nc(C)c(C)s1)NCC1(C)COC1.I. The predicted molar refractivity (Wildman–Crippen MR) is 98.7 cm³/mol. The fourth-order valence-electron chi connectivity index (χ4n) is 1.94. The minimum Gasteiger partial charge on any atom is -0.380 e. The number of guanidine groups is 1.